The molecule has 7 nitrogen and oxygen atoms in total. The first-order valence-corrected chi connectivity index (χ1v) is 12.9. The Balaban J connectivity index is 1.68. The number of carbonyl (C=O) groups is 2. The summed E-state index contributed by atoms with van der Waals surface area (Å²) in [5, 5.41) is 4.49. The fraction of sp³-hybridized carbons (Fsp3) is 0.333. The number of fused-ring (bicyclic) bond motifs is 1. The lowest BCUT2D eigenvalue weighted by Gasteiger charge is -2.37. The second-order valence-corrected chi connectivity index (χ2v) is 9.67. The highest BCUT2D eigenvalue weighted by Crippen LogP contribution is 2.48. The summed E-state index contributed by atoms with van der Waals surface area (Å²) < 4.78 is 47.7. The topological polar surface area (TPSA) is 83.9 Å². The van der Waals surface area contributed by atoms with Crippen molar-refractivity contribution in [3.63, 3.8) is 0 Å². The molecule has 38 heavy (non-hydrogen) atoms. The third-order valence-corrected chi connectivity index (χ3v) is 6.96. The number of carbonyl (C=O) groups excluding carboxylic acids is 2. The Morgan fingerprint density at radius 1 is 1.18 bits per heavy atom. The van der Waals surface area contributed by atoms with Crippen LogP contribution in [0.1, 0.15) is 41.8 Å². The van der Waals surface area contributed by atoms with E-state index < -0.39 is 29.5 Å². The zero-order valence-electron chi connectivity index (χ0n) is 21.1. The summed E-state index contributed by atoms with van der Waals surface area (Å²) in [5.41, 5.74) is 1.41. The van der Waals surface area contributed by atoms with Crippen molar-refractivity contribution in [2.24, 2.45) is 4.99 Å². The van der Waals surface area contributed by atoms with Gasteiger partial charge in [0.15, 0.2) is 10.9 Å². The van der Waals surface area contributed by atoms with Crippen LogP contribution in [-0.2, 0) is 20.7 Å². The van der Waals surface area contributed by atoms with E-state index >= 15 is 0 Å². The number of aromatic nitrogens is 1. The lowest BCUT2D eigenvalue weighted by Crippen LogP contribution is -2.40. The molecule has 0 unspecified atom stereocenters. The molecule has 0 aliphatic carbocycles. The Morgan fingerprint density at radius 2 is 1.97 bits per heavy atom. The lowest BCUT2D eigenvalue weighted by molar-refractivity contribution is -0.140. The molecule has 1 aromatic carbocycles. The van der Waals surface area contributed by atoms with E-state index in [2.05, 4.69) is 15.3 Å². The number of ether oxygens (including phenoxy) is 1. The van der Waals surface area contributed by atoms with E-state index in [0.29, 0.717) is 29.8 Å². The molecule has 200 valence electrons. The van der Waals surface area contributed by atoms with Crippen LogP contribution >= 0.6 is 11.8 Å². The molecule has 0 saturated carbocycles. The van der Waals surface area contributed by atoms with E-state index in [1.54, 1.807) is 41.6 Å². The number of aliphatic imine (C=N–C) groups is 1. The fourth-order valence-corrected chi connectivity index (χ4v) is 5.26. The quantitative estimate of drug-likeness (QED) is 0.464. The van der Waals surface area contributed by atoms with E-state index in [1.807, 2.05) is 25.1 Å². The largest absolute Gasteiger partial charge is 0.463 e. The van der Waals surface area contributed by atoms with Gasteiger partial charge in [-0.2, -0.15) is 13.2 Å². The highest BCUT2D eigenvalue weighted by atomic mass is 32.2. The minimum atomic E-state index is -4.89. The number of pyridine rings is 1. The van der Waals surface area contributed by atoms with Crippen molar-refractivity contribution in [1.82, 2.24) is 15.2 Å². The Morgan fingerprint density at radius 3 is 2.66 bits per heavy atom. The van der Waals surface area contributed by atoms with Crippen LogP contribution in [0.4, 0.5) is 13.2 Å². The number of allylic oxidation sites excluding steroid dienone is 1. The van der Waals surface area contributed by atoms with Crippen LogP contribution in [0, 0.1) is 13.8 Å². The predicted octanol–water partition coefficient (Wildman–Crippen LogP) is 5.13. The second kappa shape index (κ2) is 11.4. The van der Waals surface area contributed by atoms with Gasteiger partial charge in [0, 0.05) is 30.6 Å². The number of halogens is 3. The molecule has 0 saturated heterocycles. The number of alkyl halides is 3. The third kappa shape index (κ3) is 5.93. The van der Waals surface area contributed by atoms with Crippen molar-refractivity contribution in [3.05, 3.63) is 87.4 Å². The van der Waals surface area contributed by atoms with Gasteiger partial charge in [-0.05, 0) is 49.4 Å². The van der Waals surface area contributed by atoms with Gasteiger partial charge < -0.3 is 15.0 Å². The molecule has 1 N–H and O–H groups in total. The number of amides is 1. The van der Waals surface area contributed by atoms with Gasteiger partial charge in [0.25, 0.3) is 0 Å². The molecular weight excluding hydrogens is 517 g/mol. The zero-order chi connectivity index (χ0) is 27.4. The van der Waals surface area contributed by atoms with Crippen molar-refractivity contribution in [2.75, 3.05) is 13.2 Å². The molecule has 3 heterocycles. The van der Waals surface area contributed by atoms with E-state index in [-0.39, 0.29) is 24.1 Å². The number of amidine groups is 1. The zero-order valence-corrected chi connectivity index (χ0v) is 21.9. The van der Waals surface area contributed by atoms with Gasteiger partial charge in [-0.15, -0.1) is 0 Å². The molecule has 0 fully saturated rings. The molecule has 2 aliphatic heterocycles. The van der Waals surface area contributed by atoms with Crippen molar-refractivity contribution in [1.29, 1.82) is 0 Å². The number of esters is 1. The normalized spacial score (nSPS) is 17.1. The van der Waals surface area contributed by atoms with Gasteiger partial charge in [0.2, 0.25) is 5.91 Å². The Labute approximate surface area is 222 Å². The Bertz CT molecular complexity index is 1320. The van der Waals surface area contributed by atoms with Gasteiger partial charge in [-0.3, -0.25) is 9.78 Å². The van der Waals surface area contributed by atoms with E-state index in [1.165, 1.54) is 6.92 Å². The maximum absolute atomic E-state index is 14.2. The van der Waals surface area contributed by atoms with E-state index in [0.717, 1.165) is 23.0 Å². The van der Waals surface area contributed by atoms with E-state index in [9.17, 15) is 22.8 Å². The summed E-state index contributed by atoms with van der Waals surface area (Å²) in [7, 11) is 0. The van der Waals surface area contributed by atoms with Gasteiger partial charge in [-0.1, -0.05) is 41.6 Å². The average Bonchev–Trinajstić information content (AvgIpc) is 3.27. The molecule has 0 spiro atoms. The monoisotopic (exact) mass is 544 g/mol. The summed E-state index contributed by atoms with van der Waals surface area (Å²) in [6.45, 7) is 5.38. The SMILES string of the molecule is CCOC(=O)C1=C(C(F)(F)F)N=C2SC=C(CC(=O)NCCc3ccccn3)N2[C@@H]1c1cc(C)ccc1C. The van der Waals surface area contributed by atoms with Gasteiger partial charge in [0.1, 0.15) is 0 Å². The number of nitrogens with one attached hydrogen (secondary N) is 1. The molecular formula is C27H27F3N4O3S. The molecule has 0 radical (unpaired) electrons. The lowest BCUT2D eigenvalue weighted by atomic mass is 9.89. The summed E-state index contributed by atoms with van der Waals surface area (Å²) >= 11 is 0.990. The number of thioether (sulfide) groups is 1. The fourth-order valence-electron chi connectivity index (χ4n) is 4.34. The number of aryl methyl sites for hydroxylation is 2. The van der Waals surface area contributed by atoms with Gasteiger partial charge in [0.05, 0.1) is 24.6 Å². The predicted molar refractivity (Wildman–Crippen MR) is 139 cm³/mol. The van der Waals surface area contributed by atoms with Crippen LogP contribution in [0.2, 0.25) is 0 Å². The van der Waals surface area contributed by atoms with Crippen LogP contribution in [0.25, 0.3) is 0 Å². The minimum Gasteiger partial charge on any atom is -0.463 e. The first-order valence-electron chi connectivity index (χ1n) is 12.1. The highest BCUT2D eigenvalue weighted by molar-refractivity contribution is 8.16. The summed E-state index contributed by atoms with van der Waals surface area (Å²) in [5.74, 6) is -1.40. The van der Waals surface area contributed by atoms with Crippen molar-refractivity contribution in [3.8, 4) is 0 Å². The smallest absolute Gasteiger partial charge is 0.434 e. The summed E-state index contributed by atoms with van der Waals surface area (Å²) in [6.07, 6.45) is -2.78. The van der Waals surface area contributed by atoms with Gasteiger partial charge >= 0.3 is 12.1 Å². The molecule has 1 amide bonds. The van der Waals surface area contributed by atoms with E-state index in [4.69, 9.17) is 4.74 Å². The molecule has 2 aromatic rings. The van der Waals surface area contributed by atoms with Crippen LogP contribution < -0.4 is 5.32 Å². The summed E-state index contributed by atoms with van der Waals surface area (Å²) in [6, 6.07) is 9.75. The minimum absolute atomic E-state index is 0.0487. The van der Waals surface area contributed by atoms with Crippen molar-refractivity contribution >= 4 is 28.8 Å². The Kier molecular flexibility index (Phi) is 8.25. The molecule has 4 rings (SSSR count). The van der Waals surface area contributed by atoms with Crippen molar-refractivity contribution in [2.45, 2.75) is 45.8 Å². The first-order chi connectivity index (χ1) is 18.1. The maximum atomic E-state index is 14.2. The van der Waals surface area contributed by atoms with Crippen LogP contribution in [0.5, 0.6) is 0 Å². The van der Waals surface area contributed by atoms with Crippen LogP contribution in [0.15, 0.2) is 70.0 Å². The molecule has 2 aliphatic rings. The molecule has 1 atom stereocenters. The standard InChI is InChI=1S/C27H27F3N4O3S/c1-4-37-25(36)22-23(20-13-16(2)8-9-17(20)3)34-19(15-38-26(34)33-24(22)27(28,29)30)14-21(35)32-12-10-18-7-5-6-11-31-18/h5-9,11,13,15,23H,4,10,12,14H2,1-3H3,(H,32,35)/t23-/m1/s1. The highest BCUT2D eigenvalue weighted by Gasteiger charge is 2.49. The second-order valence-electron chi connectivity index (χ2n) is 8.83. The number of rotatable bonds is 8. The molecule has 1 aromatic heterocycles. The average molecular weight is 545 g/mol. The van der Waals surface area contributed by atoms with Gasteiger partial charge in [-0.25, -0.2) is 9.79 Å². The molecule has 0 bridgehead atoms. The third-order valence-electron chi connectivity index (χ3n) is 6.07. The number of hydrogen-bond donors (Lipinski definition) is 1. The summed E-state index contributed by atoms with van der Waals surface area (Å²) in [4.78, 5) is 35.5. The van der Waals surface area contributed by atoms with Crippen LogP contribution in [-0.4, -0.2) is 46.3 Å². The number of nitrogens with zero attached hydrogens (tertiary/aromatic N) is 3. The Hall–Kier alpha value is -3.60. The maximum Gasteiger partial charge on any atom is 0.434 e. The molecule has 11 heteroatoms. The number of benzene rings is 1. The van der Waals surface area contributed by atoms with Crippen LogP contribution in [0.3, 0.4) is 0 Å². The van der Waals surface area contributed by atoms with Crippen molar-refractivity contribution < 1.29 is 27.5 Å². The first kappa shape index (κ1) is 27.4. The number of hydrogen-bond acceptors (Lipinski definition) is 7.